The van der Waals surface area contributed by atoms with Gasteiger partial charge in [-0.3, -0.25) is 9.88 Å². The maximum absolute atomic E-state index is 4.08. The van der Waals surface area contributed by atoms with Crippen molar-refractivity contribution in [2.45, 2.75) is 26.4 Å². The van der Waals surface area contributed by atoms with Gasteiger partial charge in [-0.2, -0.15) is 0 Å². The Morgan fingerprint density at radius 1 is 1.28 bits per heavy atom. The van der Waals surface area contributed by atoms with E-state index in [9.17, 15) is 0 Å². The van der Waals surface area contributed by atoms with Crippen LogP contribution in [-0.2, 0) is 6.54 Å². The van der Waals surface area contributed by atoms with Crippen LogP contribution in [0.15, 0.2) is 24.5 Å². The van der Waals surface area contributed by atoms with Crippen molar-refractivity contribution in [1.82, 2.24) is 14.8 Å². The smallest absolute Gasteiger partial charge is 0.0271 e. The first-order chi connectivity index (χ1) is 8.58. The molecular formula is C15H25N3. The van der Waals surface area contributed by atoms with Crippen molar-refractivity contribution >= 4 is 0 Å². The van der Waals surface area contributed by atoms with Gasteiger partial charge in [0, 0.05) is 38.1 Å². The average Bonchev–Trinajstić information content (AvgIpc) is 2.74. The summed E-state index contributed by atoms with van der Waals surface area (Å²) >= 11 is 0. The van der Waals surface area contributed by atoms with Crippen LogP contribution < -0.4 is 0 Å². The molecule has 100 valence electrons. The number of likely N-dealkylation sites (tertiary alicyclic amines) is 1. The highest BCUT2D eigenvalue weighted by molar-refractivity contribution is 5.10. The number of likely N-dealkylation sites (N-methyl/N-ethyl adjacent to an activating group) is 1. The Kier molecular flexibility index (Phi) is 4.36. The molecule has 0 saturated carbocycles. The van der Waals surface area contributed by atoms with Crippen LogP contribution in [0.25, 0.3) is 0 Å². The number of nitrogens with zero attached hydrogens (tertiary/aromatic N) is 3. The van der Waals surface area contributed by atoms with Crippen molar-refractivity contribution in [2.75, 3.05) is 27.2 Å². The molecule has 1 aromatic heterocycles. The molecule has 3 nitrogen and oxygen atoms in total. The number of pyridine rings is 1. The summed E-state index contributed by atoms with van der Waals surface area (Å²) in [7, 11) is 4.41. The van der Waals surface area contributed by atoms with E-state index in [-0.39, 0.29) is 0 Å². The van der Waals surface area contributed by atoms with Crippen molar-refractivity contribution in [2.24, 2.45) is 11.8 Å². The Balaban J connectivity index is 2.00. The van der Waals surface area contributed by atoms with E-state index >= 15 is 0 Å². The van der Waals surface area contributed by atoms with Crippen LogP contribution in [0.2, 0.25) is 0 Å². The van der Waals surface area contributed by atoms with Crippen LogP contribution in [-0.4, -0.2) is 48.0 Å². The molecule has 1 aliphatic heterocycles. The van der Waals surface area contributed by atoms with Crippen LogP contribution in [0.5, 0.6) is 0 Å². The molecule has 1 fully saturated rings. The molecule has 1 saturated heterocycles. The highest BCUT2D eigenvalue weighted by Crippen LogP contribution is 2.28. The van der Waals surface area contributed by atoms with E-state index in [4.69, 9.17) is 0 Å². The fourth-order valence-electron chi connectivity index (χ4n) is 2.97. The minimum atomic E-state index is 0.687. The molecule has 2 rings (SSSR count). The Bertz CT molecular complexity index is 345. The molecule has 0 N–H and O–H groups in total. The van der Waals surface area contributed by atoms with Crippen molar-refractivity contribution in [1.29, 1.82) is 0 Å². The van der Waals surface area contributed by atoms with E-state index in [0.29, 0.717) is 6.04 Å². The Hall–Kier alpha value is -0.930. The van der Waals surface area contributed by atoms with Crippen LogP contribution >= 0.6 is 0 Å². The molecule has 0 bridgehead atoms. The standard InChI is InChI=1S/C15H25N3/c1-12(2)14-10-18(11-15(14)17(3)4)9-13-5-7-16-8-6-13/h5-8,12,14-15H,9-11H2,1-4H3. The zero-order valence-corrected chi connectivity index (χ0v) is 12.0. The quantitative estimate of drug-likeness (QED) is 0.812. The molecule has 2 atom stereocenters. The van der Waals surface area contributed by atoms with Gasteiger partial charge in [0.05, 0.1) is 0 Å². The molecule has 2 unspecified atom stereocenters. The normalized spacial score (nSPS) is 25.2. The lowest BCUT2D eigenvalue weighted by molar-refractivity contribution is 0.215. The summed E-state index contributed by atoms with van der Waals surface area (Å²) in [6.07, 6.45) is 3.77. The van der Waals surface area contributed by atoms with Gasteiger partial charge < -0.3 is 4.90 Å². The molecule has 0 radical (unpaired) electrons. The molecule has 1 aromatic rings. The van der Waals surface area contributed by atoms with Crippen molar-refractivity contribution < 1.29 is 0 Å². The molecule has 0 aromatic carbocycles. The second kappa shape index (κ2) is 5.81. The average molecular weight is 247 g/mol. The monoisotopic (exact) mass is 247 g/mol. The molecule has 0 aliphatic carbocycles. The van der Waals surface area contributed by atoms with Crippen LogP contribution in [0.1, 0.15) is 19.4 Å². The zero-order chi connectivity index (χ0) is 13.1. The lowest BCUT2D eigenvalue weighted by Gasteiger charge is -2.27. The first kappa shape index (κ1) is 13.5. The number of aromatic nitrogens is 1. The van der Waals surface area contributed by atoms with Crippen LogP contribution in [0.4, 0.5) is 0 Å². The first-order valence-electron chi connectivity index (χ1n) is 6.85. The molecule has 18 heavy (non-hydrogen) atoms. The molecule has 1 aliphatic rings. The third kappa shape index (κ3) is 3.09. The predicted octanol–water partition coefficient (Wildman–Crippen LogP) is 2.10. The van der Waals surface area contributed by atoms with Gasteiger partial charge in [-0.1, -0.05) is 13.8 Å². The Morgan fingerprint density at radius 3 is 2.44 bits per heavy atom. The van der Waals surface area contributed by atoms with Gasteiger partial charge in [0.15, 0.2) is 0 Å². The topological polar surface area (TPSA) is 19.4 Å². The Morgan fingerprint density at radius 2 is 1.94 bits per heavy atom. The predicted molar refractivity (Wildman–Crippen MR) is 75.3 cm³/mol. The van der Waals surface area contributed by atoms with Gasteiger partial charge in [-0.05, 0) is 43.6 Å². The summed E-state index contributed by atoms with van der Waals surface area (Å²) in [5.41, 5.74) is 1.37. The molecule has 3 heteroatoms. The van der Waals surface area contributed by atoms with Gasteiger partial charge >= 0.3 is 0 Å². The highest BCUT2D eigenvalue weighted by Gasteiger charge is 2.35. The fraction of sp³-hybridized carbons (Fsp3) is 0.667. The summed E-state index contributed by atoms with van der Waals surface area (Å²) in [5.74, 6) is 1.53. The van der Waals surface area contributed by atoms with Crippen LogP contribution in [0, 0.1) is 11.8 Å². The second-order valence-electron chi connectivity index (χ2n) is 5.99. The maximum Gasteiger partial charge on any atom is 0.0271 e. The number of hydrogen-bond donors (Lipinski definition) is 0. The third-order valence-corrected chi connectivity index (χ3v) is 4.08. The molecular weight excluding hydrogens is 222 g/mol. The number of rotatable bonds is 4. The second-order valence-corrected chi connectivity index (χ2v) is 5.99. The van der Waals surface area contributed by atoms with Crippen molar-refractivity contribution in [3.05, 3.63) is 30.1 Å². The van der Waals surface area contributed by atoms with E-state index < -0.39 is 0 Å². The first-order valence-corrected chi connectivity index (χ1v) is 6.85. The lowest BCUT2D eigenvalue weighted by atomic mass is 9.91. The van der Waals surface area contributed by atoms with Crippen molar-refractivity contribution in [3.63, 3.8) is 0 Å². The van der Waals surface area contributed by atoms with E-state index in [2.05, 4.69) is 54.9 Å². The third-order valence-electron chi connectivity index (χ3n) is 4.08. The summed E-state index contributed by atoms with van der Waals surface area (Å²) in [6.45, 7) is 8.13. The largest absolute Gasteiger partial charge is 0.305 e. The summed E-state index contributed by atoms with van der Waals surface area (Å²) in [5, 5.41) is 0. The lowest BCUT2D eigenvalue weighted by Crippen LogP contribution is -2.37. The molecule has 0 amide bonds. The van der Waals surface area contributed by atoms with Gasteiger partial charge in [0.2, 0.25) is 0 Å². The van der Waals surface area contributed by atoms with E-state index in [1.165, 1.54) is 18.7 Å². The number of hydrogen-bond acceptors (Lipinski definition) is 3. The summed E-state index contributed by atoms with van der Waals surface area (Å²) in [6, 6.07) is 4.92. The van der Waals surface area contributed by atoms with Gasteiger partial charge in [0.1, 0.15) is 0 Å². The van der Waals surface area contributed by atoms with Crippen molar-refractivity contribution in [3.8, 4) is 0 Å². The van der Waals surface area contributed by atoms with E-state index in [1.807, 2.05) is 12.4 Å². The maximum atomic E-state index is 4.08. The van der Waals surface area contributed by atoms with Gasteiger partial charge in [-0.15, -0.1) is 0 Å². The van der Waals surface area contributed by atoms with E-state index in [0.717, 1.165) is 18.4 Å². The molecule has 0 spiro atoms. The fourth-order valence-corrected chi connectivity index (χ4v) is 2.97. The van der Waals surface area contributed by atoms with Gasteiger partial charge in [-0.25, -0.2) is 0 Å². The minimum absolute atomic E-state index is 0.687. The summed E-state index contributed by atoms with van der Waals surface area (Å²) in [4.78, 5) is 9.04. The Labute approximate surface area is 111 Å². The minimum Gasteiger partial charge on any atom is -0.305 e. The SMILES string of the molecule is CC(C)C1CN(Cc2ccncc2)CC1N(C)C. The molecule has 2 heterocycles. The zero-order valence-electron chi connectivity index (χ0n) is 12.0. The van der Waals surface area contributed by atoms with E-state index in [1.54, 1.807) is 0 Å². The summed E-state index contributed by atoms with van der Waals surface area (Å²) < 4.78 is 0. The highest BCUT2D eigenvalue weighted by atomic mass is 15.2. The van der Waals surface area contributed by atoms with Crippen LogP contribution in [0.3, 0.4) is 0 Å². The van der Waals surface area contributed by atoms with Gasteiger partial charge in [0.25, 0.3) is 0 Å².